The number of halogens is 3. The van der Waals surface area contributed by atoms with Gasteiger partial charge in [0, 0.05) is 23.6 Å². The first-order valence-electron chi connectivity index (χ1n) is 7.77. The van der Waals surface area contributed by atoms with Gasteiger partial charge in [0.1, 0.15) is 17.0 Å². The van der Waals surface area contributed by atoms with E-state index >= 15 is 0 Å². The summed E-state index contributed by atoms with van der Waals surface area (Å²) in [5.41, 5.74) is -0.252. The van der Waals surface area contributed by atoms with E-state index in [1.165, 1.54) is 22.9 Å². The zero-order valence-electron chi connectivity index (χ0n) is 13.7. The van der Waals surface area contributed by atoms with Gasteiger partial charge in [-0.1, -0.05) is 26.0 Å². The Morgan fingerprint density at radius 3 is 2.44 bits per heavy atom. The third-order valence-electron chi connectivity index (χ3n) is 3.85. The maximum atomic E-state index is 13.3. The molecule has 0 unspecified atom stereocenters. The van der Waals surface area contributed by atoms with Crippen LogP contribution in [0, 0.1) is 5.92 Å². The Labute approximate surface area is 142 Å². The third kappa shape index (κ3) is 3.14. The van der Waals surface area contributed by atoms with E-state index in [1.54, 1.807) is 6.07 Å². The summed E-state index contributed by atoms with van der Waals surface area (Å²) in [5, 5.41) is 24.2. The quantitative estimate of drug-likeness (QED) is 0.714. The van der Waals surface area contributed by atoms with Crippen molar-refractivity contribution in [3.05, 3.63) is 42.0 Å². The van der Waals surface area contributed by atoms with Gasteiger partial charge in [-0.3, -0.25) is 4.68 Å². The number of aromatic hydroxyl groups is 2. The molecule has 0 saturated carbocycles. The molecule has 0 aliphatic carbocycles. The fourth-order valence-electron chi connectivity index (χ4n) is 2.86. The SMILES string of the molecule is CC(C)Cn1nc2c(C(F)(F)F)cccc2c1-c1ccc(O)cc1O. The average Bonchev–Trinajstić information content (AvgIpc) is 2.83. The van der Waals surface area contributed by atoms with E-state index in [9.17, 15) is 23.4 Å². The van der Waals surface area contributed by atoms with Crippen LogP contribution in [-0.2, 0) is 12.7 Å². The van der Waals surface area contributed by atoms with Crippen molar-refractivity contribution in [1.82, 2.24) is 9.78 Å². The van der Waals surface area contributed by atoms with Crippen LogP contribution in [0.25, 0.3) is 22.2 Å². The molecule has 0 atom stereocenters. The first kappa shape index (κ1) is 17.1. The molecule has 0 radical (unpaired) electrons. The largest absolute Gasteiger partial charge is 0.508 e. The summed E-state index contributed by atoms with van der Waals surface area (Å²) in [4.78, 5) is 0. The second-order valence-electron chi connectivity index (χ2n) is 6.33. The molecule has 25 heavy (non-hydrogen) atoms. The molecule has 1 aromatic heterocycles. The maximum Gasteiger partial charge on any atom is 0.418 e. The summed E-state index contributed by atoms with van der Waals surface area (Å²) in [7, 11) is 0. The minimum atomic E-state index is -4.52. The number of alkyl halides is 3. The smallest absolute Gasteiger partial charge is 0.418 e. The van der Waals surface area contributed by atoms with Crippen LogP contribution < -0.4 is 0 Å². The number of nitrogens with zero attached hydrogens (tertiary/aromatic N) is 2. The molecule has 0 aliphatic heterocycles. The Hall–Kier alpha value is -2.70. The zero-order valence-corrected chi connectivity index (χ0v) is 13.7. The fourth-order valence-corrected chi connectivity index (χ4v) is 2.86. The summed E-state index contributed by atoms with van der Waals surface area (Å²) in [6.45, 7) is 4.25. The molecule has 2 N–H and O–H groups in total. The Morgan fingerprint density at radius 1 is 1.12 bits per heavy atom. The van der Waals surface area contributed by atoms with Crippen LogP contribution in [0.4, 0.5) is 13.2 Å². The lowest BCUT2D eigenvalue weighted by molar-refractivity contribution is -0.136. The number of aromatic nitrogens is 2. The Morgan fingerprint density at radius 2 is 1.84 bits per heavy atom. The highest BCUT2D eigenvalue weighted by Gasteiger charge is 2.34. The molecule has 0 aliphatic rings. The number of phenols is 2. The van der Waals surface area contributed by atoms with Crippen molar-refractivity contribution >= 4 is 10.9 Å². The Bertz CT molecular complexity index is 930. The molecule has 0 amide bonds. The summed E-state index contributed by atoms with van der Waals surface area (Å²) in [6.07, 6.45) is -4.52. The van der Waals surface area contributed by atoms with Gasteiger partial charge < -0.3 is 10.2 Å². The van der Waals surface area contributed by atoms with Crippen molar-refractivity contribution in [2.24, 2.45) is 5.92 Å². The second kappa shape index (κ2) is 5.98. The predicted molar refractivity (Wildman–Crippen MR) is 88.3 cm³/mol. The normalized spacial score (nSPS) is 12.2. The van der Waals surface area contributed by atoms with Gasteiger partial charge in [0.15, 0.2) is 0 Å². The van der Waals surface area contributed by atoms with Gasteiger partial charge >= 0.3 is 6.18 Å². The molecule has 3 rings (SSSR count). The fraction of sp³-hybridized carbons (Fsp3) is 0.278. The monoisotopic (exact) mass is 350 g/mol. The van der Waals surface area contributed by atoms with E-state index < -0.39 is 11.7 Å². The molecule has 1 heterocycles. The highest BCUT2D eigenvalue weighted by Crippen LogP contribution is 2.40. The van der Waals surface area contributed by atoms with E-state index in [2.05, 4.69) is 5.10 Å². The Kier molecular flexibility index (Phi) is 4.10. The Balaban J connectivity index is 2.35. The van der Waals surface area contributed by atoms with Gasteiger partial charge in [-0.2, -0.15) is 18.3 Å². The lowest BCUT2D eigenvalue weighted by atomic mass is 10.0. The van der Waals surface area contributed by atoms with Crippen molar-refractivity contribution in [2.45, 2.75) is 26.6 Å². The van der Waals surface area contributed by atoms with Gasteiger partial charge in [0.25, 0.3) is 0 Å². The van der Waals surface area contributed by atoms with Gasteiger partial charge in [0.05, 0.1) is 11.3 Å². The summed E-state index contributed by atoms with van der Waals surface area (Å²) >= 11 is 0. The van der Waals surface area contributed by atoms with Crippen LogP contribution in [0.5, 0.6) is 11.5 Å². The average molecular weight is 350 g/mol. The molecule has 2 aromatic carbocycles. The number of hydrogen-bond acceptors (Lipinski definition) is 3. The highest BCUT2D eigenvalue weighted by atomic mass is 19.4. The summed E-state index contributed by atoms with van der Waals surface area (Å²) < 4.78 is 41.5. The maximum absolute atomic E-state index is 13.3. The van der Waals surface area contributed by atoms with Crippen LogP contribution in [-0.4, -0.2) is 20.0 Å². The molecule has 0 spiro atoms. The highest BCUT2D eigenvalue weighted by molar-refractivity contribution is 5.96. The van der Waals surface area contributed by atoms with Crippen LogP contribution in [0.3, 0.4) is 0 Å². The van der Waals surface area contributed by atoms with E-state index in [4.69, 9.17) is 0 Å². The minimum Gasteiger partial charge on any atom is -0.508 e. The number of phenolic OH excluding ortho intramolecular Hbond substituents is 2. The predicted octanol–water partition coefficient (Wildman–Crippen LogP) is 4.79. The van der Waals surface area contributed by atoms with Crippen LogP contribution in [0.2, 0.25) is 0 Å². The minimum absolute atomic E-state index is 0.128. The number of fused-ring (bicyclic) bond motifs is 1. The first-order valence-corrected chi connectivity index (χ1v) is 7.77. The number of hydrogen-bond donors (Lipinski definition) is 2. The van der Waals surface area contributed by atoms with E-state index in [0.717, 1.165) is 12.1 Å². The third-order valence-corrected chi connectivity index (χ3v) is 3.85. The zero-order chi connectivity index (χ0) is 18.4. The first-order chi connectivity index (χ1) is 11.7. The van der Waals surface area contributed by atoms with Gasteiger partial charge in [0.2, 0.25) is 0 Å². The standard InChI is InChI=1S/C18H17F3N2O2/c1-10(2)9-23-17(12-7-6-11(24)8-15(12)25)13-4-3-5-14(16(13)22-23)18(19,20)21/h3-8,10,24-25H,9H2,1-2H3. The molecular formula is C18H17F3N2O2. The van der Waals surface area contributed by atoms with Crippen LogP contribution >= 0.6 is 0 Å². The molecule has 7 heteroatoms. The number of benzene rings is 2. The molecule has 132 valence electrons. The van der Waals surface area contributed by atoms with Gasteiger partial charge in [-0.15, -0.1) is 0 Å². The molecule has 0 saturated heterocycles. The van der Waals surface area contributed by atoms with Crippen molar-refractivity contribution in [1.29, 1.82) is 0 Å². The summed E-state index contributed by atoms with van der Waals surface area (Å²) in [6, 6.07) is 7.87. The lowest BCUT2D eigenvalue weighted by Crippen LogP contribution is -2.08. The van der Waals surface area contributed by atoms with Crippen molar-refractivity contribution in [3.8, 4) is 22.8 Å². The second-order valence-corrected chi connectivity index (χ2v) is 6.33. The summed E-state index contributed by atoms with van der Waals surface area (Å²) in [5.74, 6) is -0.206. The van der Waals surface area contributed by atoms with E-state index in [-0.39, 0.29) is 22.9 Å². The molecular weight excluding hydrogens is 333 g/mol. The molecule has 3 aromatic rings. The van der Waals surface area contributed by atoms with Gasteiger partial charge in [-0.05, 0) is 24.1 Å². The molecule has 4 nitrogen and oxygen atoms in total. The van der Waals surface area contributed by atoms with Crippen molar-refractivity contribution in [3.63, 3.8) is 0 Å². The lowest BCUT2D eigenvalue weighted by Gasteiger charge is -2.11. The van der Waals surface area contributed by atoms with Crippen LogP contribution in [0.1, 0.15) is 19.4 Å². The molecule has 0 bridgehead atoms. The topological polar surface area (TPSA) is 58.3 Å². The van der Waals surface area contributed by atoms with E-state index in [1.807, 2.05) is 13.8 Å². The van der Waals surface area contributed by atoms with Crippen molar-refractivity contribution < 1.29 is 23.4 Å². The van der Waals surface area contributed by atoms with E-state index in [0.29, 0.717) is 23.2 Å². The van der Waals surface area contributed by atoms with Crippen molar-refractivity contribution in [2.75, 3.05) is 0 Å². The number of rotatable bonds is 3. The molecule has 0 fully saturated rings. The van der Waals surface area contributed by atoms with Crippen LogP contribution in [0.15, 0.2) is 36.4 Å². The van der Waals surface area contributed by atoms with Gasteiger partial charge in [-0.25, -0.2) is 0 Å².